The van der Waals surface area contributed by atoms with Gasteiger partial charge in [-0.15, -0.1) is 0 Å². The smallest absolute Gasteiger partial charge is 0.333 e. The summed E-state index contributed by atoms with van der Waals surface area (Å²) >= 11 is 0. The molecule has 0 aliphatic heterocycles. The standard InChI is InChI=1S/C12H9N7O2/c20-19(21)10-11(17-9-2-1-3-13-6-9)15-7-16-12(10)18-5-4-14-8-18/h1-8H,(H,15,16,17). The zero-order chi connectivity index (χ0) is 14.7. The van der Waals surface area contributed by atoms with E-state index in [-0.39, 0.29) is 17.3 Å². The van der Waals surface area contributed by atoms with Gasteiger partial charge in [-0.2, -0.15) is 0 Å². The minimum atomic E-state index is -0.534. The van der Waals surface area contributed by atoms with Gasteiger partial charge >= 0.3 is 5.69 Å². The number of pyridine rings is 1. The summed E-state index contributed by atoms with van der Waals surface area (Å²) < 4.78 is 1.45. The second-order valence-electron chi connectivity index (χ2n) is 3.99. The lowest BCUT2D eigenvalue weighted by Gasteiger charge is -2.08. The van der Waals surface area contributed by atoms with Crippen molar-refractivity contribution in [2.75, 3.05) is 5.32 Å². The van der Waals surface area contributed by atoms with E-state index >= 15 is 0 Å². The van der Waals surface area contributed by atoms with Gasteiger partial charge in [-0.1, -0.05) is 0 Å². The van der Waals surface area contributed by atoms with Crippen LogP contribution in [0.2, 0.25) is 0 Å². The fraction of sp³-hybridized carbons (Fsp3) is 0. The lowest BCUT2D eigenvalue weighted by Crippen LogP contribution is -2.06. The van der Waals surface area contributed by atoms with Crippen molar-refractivity contribution in [3.05, 3.63) is 59.7 Å². The highest BCUT2D eigenvalue weighted by atomic mass is 16.6. The summed E-state index contributed by atoms with van der Waals surface area (Å²) in [6.45, 7) is 0. The van der Waals surface area contributed by atoms with E-state index < -0.39 is 4.92 Å². The van der Waals surface area contributed by atoms with Gasteiger partial charge in [0.1, 0.15) is 12.7 Å². The second-order valence-corrected chi connectivity index (χ2v) is 3.99. The van der Waals surface area contributed by atoms with Crippen LogP contribution in [0.4, 0.5) is 17.2 Å². The lowest BCUT2D eigenvalue weighted by molar-refractivity contribution is -0.384. The molecule has 0 bridgehead atoms. The molecule has 0 aromatic carbocycles. The first-order valence-corrected chi connectivity index (χ1v) is 5.90. The van der Waals surface area contributed by atoms with Crippen molar-refractivity contribution in [3.8, 4) is 5.82 Å². The van der Waals surface area contributed by atoms with E-state index in [1.54, 1.807) is 30.7 Å². The van der Waals surface area contributed by atoms with Gasteiger partial charge < -0.3 is 5.32 Å². The number of rotatable bonds is 4. The molecule has 0 atom stereocenters. The molecule has 0 spiro atoms. The zero-order valence-electron chi connectivity index (χ0n) is 10.6. The number of imidazole rings is 1. The Labute approximate surface area is 118 Å². The second kappa shape index (κ2) is 5.33. The molecule has 3 heterocycles. The average Bonchev–Trinajstić information content (AvgIpc) is 3.02. The number of anilines is 2. The van der Waals surface area contributed by atoms with Crippen molar-refractivity contribution in [1.82, 2.24) is 24.5 Å². The van der Waals surface area contributed by atoms with Gasteiger partial charge in [-0.05, 0) is 12.1 Å². The van der Waals surface area contributed by atoms with Crippen LogP contribution in [-0.4, -0.2) is 29.4 Å². The van der Waals surface area contributed by atoms with Crippen molar-refractivity contribution >= 4 is 17.2 Å². The van der Waals surface area contributed by atoms with E-state index in [0.717, 1.165) is 0 Å². The van der Waals surface area contributed by atoms with Gasteiger partial charge in [0.05, 0.1) is 16.8 Å². The Bertz CT molecular complexity index is 759. The van der Waals surface area contributed by atoms with Crippen LogP contribution in [0.25, 0.3) is 5.82 Å². The lowest BCUT2D eigenvalue weighted by atomic mass is 10.3. The molecule has 1 N–H and O–H groups in total. The Morgan fingerprint density at radius 3 is 2.81 bits per heavy atom. The number of nitrogens with one attached hydrogen (secondary N) is 1. The maximum atomic E-state index is 11.4. The number of nitrogens with zero attached hydrogens (tertiary/aromatic N) is 6. The molecule has 0 amide bonds. The summed E-state index contributed by atoms with van der Waals surface area (Å²) in [6, 6.07) is 3.45. The van der Waals surface area contributed by atoms with E-state index in [4.69, 9.17) is 0 Å². The fourth-order valence-electron chi connectivity index (χ4n) is 1.78. The van der Waals surface area contributed by atoms with Crippen molar-refractivity contribution in [3.63, 3.8) is 0 Å². The molecule has 9 heteroatoms. The Balaban J connectivity index is 2.09. The Morgan fingerprint density at radius 1 is 1.24 bits per heavy atom. The molecule has 0 saturated heterocycles. The zero-order valence-corrected chi connectivity index (χ0v) is 10.6. The van der Waals surface area contributed by atoms with Crippen LogP contribution in [0.5, 0.6) is 0 Å². The van der Waals surface area contributed by atoms with E-state index in [2.05, 4.69) is 25.3 Å². The summed E-state index contributed by atoms with van der Waals surface area (Å²) in [7, 11) is 0. The molecule has 0 aliphatic rings. The highest BCUT2D eigenvalue weighted by Gasteiger charge is 2.24. The van der Waals surface area contributed by atoms with Crippen molar-refractivity contribution in [1.29, 1.82) is 0 Å². The van der Waals surface area contributed by atoms with Crippen LogP contribution < -0.4 is 5.32 Å². The van der Waals surface area contributed by atoms with Crippen molar-refractivity contribution < 1.29 is 4.92 Å². The highest BCUT2D eigenvalue weighted by Crippen LogP contribution is 2.29. The molecule has 0 aliphatic carbocycles. The number of hydrogen-bond acceptors (Lipinski definition) is 7. The third kappa shape index (κ3) is 2.52. The van der Waals surface area contributed by atoms with Gasteiger partial charge in [0.15, 0.2) is 0 Å². The Morgan fingerprint density at radius 2 is 2.14 bits per heavy atom. The number of nitro groups is 1. The van der Waals surface area contributed by atoms with Crippen LogP contribution in [0.15, 0.2) is 49.6 Å². The van der Waals surface area contributed by atoms with Crippen LogP contribution in [0.3, 0.4) is 0 Å². The maximum Gasteiger partial charge on any atom is 0.354 e. The molecule has 21 heavy (non-hydrogen) atoms. The number of aromatic nitrogens is 5. The fourth-order valence-corrected chi connectivity index (χ4v) is 1.78. The first-order valence-electron chi connectivity index (χ1n) is 5.90. The molecule has 104 valence electrons. The molecular formula is C12H9N7O2. The van der Waals surface area contributed by atoms with Crippen LogP contribution in [-0.2, 0) is 0 Å². The molecule has 3 aromatic heterocycles. The largest absolute Gasteiger partial charge is 0.354 e. The minimum absolute atomic E-state index is 0.0895. The van der Waals surface area contributed by atoms with Crippen LogP contribution in [0.1, 0.15) is 0 Å². The molecule has 3 aromatic rings. The molecule has 0 fully saturated rings. The monoisotopic (exact) mass is 283 g/mol. The predicted molar refractivity (Wildman–Crippen MR) is 73.3 cm³/mol. The quantitative estimate of drug-likeness (QED) is 0.573. The van der Waals surface area contributed by atoms with E-state index in [9.17, 15) is 10.1 Å². The normalized spacial score (nSPS) is 10.3. The molecule has 0 saturated carbocycles. The maximum absolute atomic E-state index is 11.4. The molecule has 0 unspecified atom stereocenters. The predicted octanol–water partition coefficient (Wildman–Crippen LogP) is 1.71. The Kier molecular flexibility index (Phi) is 3.21. The van der Waals surface area contributed by atoms with Gasteiger partial charge in [0.2, 0.25) is 11.6 Å². The van der Waals surface area contributed by atoms with Gasteiger partial charge in [0.25, 0.3) is 0 Å². The third-order valence-corrected chi connectivity index (χ3v) is 2.66. The van der Waals surface area contributed by atoms with E-state index in [0.29, 0.717) is 5.69 Å². The number of hydrogen-bond donors (Lipinski definition) is 1. The van der Waals surface area contributed by atoms with Crippen molar-refractivity contribution in [2.45, 2.75) is 0 Å². The van der Waals surface area contributed by atoms with Gasteiger partial charge in [-0.25, -0.2) is 15.0 Å². The van der Waals surface area contributed by atoms with E-state index in [1.165, 1.54) is 23.4 Å². The van der Waals surface area contributed by atoms with Gasteiger partial charge in [0, 0.05) is 18.6 Å². The minimum Gasteiger partial charge on any atom is -0.333 e. The molecule has 9 nitrogen and oxygen atoms in total. The SMILES string of the molecule is O=[N+]([O-])c1c(Nc2cccnc2)ncnc1-n1ccnc1. The summed E-state index contributed by atoms with van der Waals surface area (Å²) in [4.78, 5) is 26.5. The van der Waals surface area contributed by atoms with Crippen LogP contribution >= 0.6 is 0 Å². The molecule has 3 rings (SSSR count). The Hall–Kier alpha value is -3.36. The summed E-state index contributed by atoms with van der Waals surface area (Å²) in [5.41, 5.74) is 0.357. The average molecular weight is 283 g/mol. The molecule has 0 radical (unpaired) electrons. The highest BCUT2D eigenvalue weighted by molar-refractivity contribution is 5.69. The first kappa shape index (κ1) is 12.7. The van der Waals surface area contributed by atoms with E-state index in [1.807, 2.05) is 0 Å². The topological polar surface area (TPSA) is 112 Å². The first-order chi connectivity index (χ1) is 10.3. The third-order valence-electron chi connectivity index (χ3n) is 2.66. The van der Waals surface area contributed by atoms with Gasteiger partial charge in [-0.3, -0.25) is 19.7 Å². The summed E-state index contributed by atoms with van der Waals surface area (Å²) in [5.74, 6) is 0.227. The van der Waals surface area contributed by atoms with Crippen LogP contribution in [0, 0.1) is 10.1 Å². The summed E-state index contributed by atoms with van der Waals surface area (Å²) in [6.07, 6.45) is 8.92. The molecular weight excluding hydrogens is 274 g/mol. The summed E-state index contributed by atoms with van der Waals surface area (Å²) in [5, 5.41) is 14.2. The van der Waals surface area contributed by atoms with Crippen molar-refractivity contribution in [2.24, 2.45) is 0 Å².